The molecule has 2 fully saturated rings. The zero-order chi connectivity index (χ0) is 19.8. The molecule has 5 unspecified atom stereocenters. The Morgan fingerprint density at radius 1 is 1.30 bits per heavy atom. The standard InChI is InChI=1S/C20H22O7/c1-10(22)25-13-7-5-6-12-15(13)16(24)11-8-14(23)20(9-21)17(11)19(12,4)26-18(2,3)27-20/h5-7,9,11,14,17,23H,8H2,1-4H3. The number of aliphatic hydroxyl groups is 1. The molecule has 1 aromatic carbocycles. The summed E-state index contributed by atoms with van der Waals surface area (Å²) >= 11 is 0. The van der Waals surface area contributed by atoms with Gasteiger partial charge in [0.25, 0.3) is 0 Å². The third kappa shape index (κ3) is 2.28. The summed E-state index contributed by atoms with van der Waals surface area (Å²) in [5.74, 6) is -3.19. The second-order valence-corrected chi connectivity index (χ2v) is 8.15. The van der Waals surface area contributed by atoms with Crippen LogP contribution in [-0.2, 0) is 24.7 Å². The minimum Gasteiger partial charge on any atom is -0.426 e. The molecular weight excluding hydrogens is 352 g/mol. The lowest BCUT2D eigenvalue weighted by atomic mass is 9.62. The summed E-state index contributed by atoms with van der Waals surface area (Å²) in [6.07, 6.45) is -0.451. The largest absolute Gasteiger partial charge is 0.426 e. The maximum atomic E-state index is 13.3. The summed E-state index contributed by atoms with van der Waals surface area (Å²) in [4.78, 5) is 37.0. The van der Waals surface area contributed by atoms with Crippen LogP contribution in [-0.4, -0.2) is 40.6 Å². The lowest BCUT2D eigenvalue weighted by Gasteiger charge is -2.57. The monoisotopic (exact) mass is 374 g/mol. The zero-order valence-electron chi connectivity index (χ0n) is 15.6. The zero-order valence-corrected chi connectivity index (χ0v) is 15.6. The highest BCUT2D eigenvalue weighted by Crippen LogP contribution is 2.62. The molecule has 3 aliphatic rings. The van der Waals surface area contributed by atoms with Crippen LogP contribution in [0.1, 0.15) is 50.0 Å². The van der Waals surface area contributed by atoms with E-state index in [1.807, 2.05) is 0 Å². The summed E-state index contributed by atoms with van der Waals surface area (Å²) in [5, 5.41) is 10.7. The van der Waals surface area contributed by atoms with Crippen molar-refractivity contribution >= 4 is 18.0 Å². The predicted molar refractivity (Wildman–Crippen MR) is 92.1 cm³/mol. The van der Waals surface area contributed by atoms with Gasteiger partial charge in [-0.2, -0.15) is 0 Å². The summed E-state index contributed by atoms with van der Waals surface area (Å²) in [7, 11) is 0. The van der Waals surface area contributed by atoms with Gasteiger partial charge in [0.05, 0.1) is 11.7 Å². The van der Waals surface area contributed by atoms with Crippen molar-refractivity contribution in [3.63, 3.8) is 0 Å². The van der Waals surface area contributed by atoms with Gasteiger partial charge in [-0.15, -0.1) is 0 Å². The number of ether oxygens (including phenoxy) is 3. The first-order chi connectivity index (χ1) is 12.6. The van der Waals surface area contributed by atoms with Crippen LogP contribution in [0.15, 0.2) is 18.2 Å². The highest BCUT2D eigenvalue weighted by atomic mass is 16.7. The van der Waals surface area contributed by atoms with Crippen molar-refractivity contribution < 1.29 is 33.7 Å². The molecule has 7 heteroatoms. The lowest BCUT2D eigenvalue weighted by Crippen LogP contribution is -2.67. The summed E-state index contributed by atoms with van der Waals surface area (Å²) in [5.41, 5.74) is -1.82. The van der Waals surface area contributed by atoms with Gasteiger partial charge in [0, 0.05) is 18.8 Å². The molecule has 1 aromatic rings. The van der Waals surface area contributed by atoms with Crippen LogP contribution in [0.3, 0.4) is 0 Å². The summed E-state index contributed by atoms with van der Waals surface area (Å²) < 4.78 is 17.5. The Morgan fingerprint density at radius 3 is 2.63 bits per heavy atom. The minimum absolute atomic E-state index is 0.0745. The molecule has 2 aliphatic carbocycles. The maximum Gasteiger partial charge on any atom is 0.308 e. The molecule has 0 radical (unpaired) electrons. The molecule has 27 heavy (non-hydrogen) atoms. The summed E-state index contributed by atoms with van der Waals surface area (Å²) in [6.45, 7) is 6.41. The number of rotatable bonds is 2. The molecule has 4 rings (SSSR count). The SMILES string of the molecule is CC(=O)Oc1cccc2c1C(=O)C1CC(O)C3(C=O)OC(C)(C)OC2(C)C13. The molecular formula is C20H22O7. The van der Waals surface area contributed by atoms with E-state index in [1.54, 1.807) is 39.0 Å². The van der Waals surface area contributed by atoms with Crippen molar-refractivity contribution in [2.45, 2.75) is 57.2 Å². The van der Waals surface area contributed by atoms with E-state index in [-0.39, 0.29) is 23.5 Å². The minimum atomic E-state index is -1.54. The number of carbonyl (C=O) groups excluding carboxylic acids is 3. The average molecular weight is 374 g/mol. The van der Waals surface area contributed by atoms with E-state index in [0.29, 0.717) is 11.8 Å². The first-order valence-corrected chi connectivity index (χ1v) is 8.96. The van der Waals surface area contributed by atoms with Crippen LogP contribution in [0.2, 0.25) is 0 Å². The van der Waals surface area contributed by atoms with Gasteiger partial charge >= 0.3 is 5.97 Å². The second-order valence-electron chi connectivity index (χ2n) is 8.15. The third-order valence-electron chi connectivity index (χ3n) is 5.94. The molecule has 0 aromatic heterocycles. The second kappa shape index (κ2) is 5.47. The quantitative estimate of drug-likeness (QED) is 0.478. The van der Waals surface area contributed by atoms with Crippen molar-refractivity contribution in [2.24, 2.45) is 11.8 Å². The van der Waals surface area contributed by atoms with Gasteiger partial charge in [0.2, 0.25) is 0 Å². The Labute approximate surface area is 156 Å². The normalized spacial score (nSPS) is 38.7. The molecule has 1 heterocycles. The van der Waals surface area contributed by atoms with E-state index >= 15 is 0 Å². The number of Topliss-reactive ketones (excluding diaryl/α,β-unsaturated/α-hetero) is 1. The van der Waals surface area contributed by atoms with Crippen LogP contribution in [0.5, 0.6) is 5.75 Å². The van der Waals surface area contributed by atoms with Gasteiger partial charge in [-0.25, -0.2) is 0 Å². The molecule has 1 saturated heterocycles. The number of aliphatic hydroxyl groups excluding tert-OH is 1. The fourth-order valence-electron chi connectivity index (χ4n) is 5.33. The van der Waals surface area contributed by atoms with Crippen LogP contribution >= 0.6 is 0 Å². The van der Waals surface area contributed by atoms with Crippen LogP contribution in [0.25, 0.3) is 0 Å². The van der Waals surface area contributed by atoms with E-state index in [4.69, 9.17) is 14.2 Å². The smallest absolute Gasteiger partial charge is 0.308 e. The van der Waals surface area contributed by atoms with Gasteiger partial charge in [0.15, 0.2) is 23.5 Å². The highest BCUT2D eigenvalue weighted by molar-refractivity contribution is 6.05. The van der Waals surface area contributed by atoms with Gasteiger partial charge in [-0.05, 0) is 38.8 Å². The molecule has 7 nitrogen and oxygen atoms in total. The molecule has 5 atom stereocenters. The van der Waals surface area contributed by atoms with Gasteiger partial charge < -0.3 is 24.1 Å². The molecule has 1 saturated carbocycles. The number of hydrogen-bond acceptors (Lipinski definition) is 7. The van der Waals surface area contributed by atoms with Crippen molar-refractivity contribution in [1.82, 2.24) is 0 Å². The van der Waals surface area contributed by atoms with E-state index in [1.165, 1.54) is 6.92 Å². The Hall–Kier alpha value is -2.09. The first kappa shape index (κ1) is 18.3. The number of carbonyl (C=O) groups is 3. The van der Waals surface area contributed by atoms with Crippen LogP contribution in [0, 0.1) is 11.8 Å². The van der Waals surface area contributed by atoms with E-state index in [0.717, 1.165) is 0 Å². The van der Waals surface area contributed by atoms with Gasteiger partial charge in [-0.3, -0.25) is 9.59 Å². The number of ketones is 1. The molecule has 0 amide bonds. The van der Waals surface area contributed by atoms with Crippen molar-refractivity contribution in [2.75, 3.05) is 0 Å². The van der Waals surface area contributed by atoms with E-state index in [9.17, 15) is 19.5 Å². The Kier molecular flexibility index (Phi) is 3.70. The summed E-state index contributed by atoms with van der Waals surface area (Å²) in [6, 6.07) is 4.97. The van der Waals surface area contributed by atoms with E-state index < -0.39 is 40.9 Å². The van der Waals surface area contributed by atoms with E-state index in [2.05, 4.69) is 0 Å². The number of aldehydes is 1. The molecule has 0 spiro atoms. The Morgan fingerprint density at radius 2 is 2.00 bits per heavy atom. The van der Waals surface area contributed by atoms with Crippen molar-refractivity contribution in [1.29, 1.82) is 0 Å². The van der Waals surface area contributed by atoms with Crippen LogP contribution in [0.4, 0.5) is 0 Å². The average Bonchev–Trinajstić information content (AvgIpc) is 2.85. The number of esters is 1. The fourth-order valence-corrected chi connectivity index (χ4v) is 5.33. The molecule has 1 N–H and O–H groups in total. The van der Waals surface area contributed by atoms with Crippen molar-refractivity contribution in [3.05, 3.63) is 29.3 Å². The van der Waals surface area contributed by atoms with Crippen LogP contribution < -0.4 is 4.74 Å². The van der Waals surface area contributed by atoms with Gasteiger partial charge in [-0.1, -0.05) is 12.1 Å². The molecule has 144 valence electrons. The number of hydrogen-bond donors (Lipinski definition) is 1. The highest BCUT2D eigenvalue weighted by Gasteiger charge is 2.72. The first-order valence-electron chi connectivity index (χ1n) is 8.96. The maximum absolute atomic E-state index is 13.3. The topological polar surface area (TPSA) is 99.1 Å². The third-order valence-corrected chi connectivity index (χ3v) is 5.94. The molecule has 1 aliphatic heterocycles. The Balaban J connectivity index is 2.00. The van der Waals surface area contributed by atoms with Gasteiger partial charge in [0.1, 0.15) is 11.4 Å². The number of fused-ring (bicyclic) bond motifs is 2. The van der Waals surface area contributed by atoms with Crippen molar-refractivity contribution in [3.8, 4) is 5.75 Å². The fraction of sp³-hybridized carbons (Fsp3) is 0.550. The lowest BCUT2D eigenvalue weighted by molar-refractivity contribution is -0.384. The number of benzene rings is 1. The Bertz CT molecular complexity index is 860. The molecule has 0 bridgehead atoms. The predicted octanol–water partition coefficient (Wildman–Crippen LogP) is 1.74.